The van der Waals surface area contributed by atoms with Gasteiger partial charge in [0.2, 0.25) is 5.91 Å². The number of nitrogens with one attached hydrogen (secondary N) is 2. The minimum absolute atomic E-state index is 0.0735. The first-order valence-electron chi connectivity index (χ1n) is 6.07. The van der Waals surface area contributed by atoms with E-state index in [1.165, 1.54) is 6.07 Å². The molecule has 19 heavy (non-hydrogen) atoms. The maximum atomic E-state index is 11.8. The Hall–Kier alpha value is -2.24. The quantitative estimate of drug-likeness (QED) is 0.586. The Kier molecular flexibility index (Phi) is 4.74. The smallest absolute Gasteiger partial charge is 0.250 e. The highest BCUT2D eigenvalue weighted by atomic mass is 16.2. The van der Waals surface area contributed by atoms with Crippen molar-refractivity contribution in [2.45, 2.75) is 32.9 Å². The summed E-state index contributed by atoms with van der Waals surface area (Å²) >= 11 is 0. The predicted octanol–water partition coefficient (Wildman–Crippen LogP) is 0.693. The van der Waals surface area contributed by atoms with Crippen molar-refractivity contribution in [1.29, 1.82) is 0 Å². The number of benzene rings is 1. The van der Waals surface area contributed by atoms with Crippen LogP contribution in [0, 0.1) is 0 Å². The number of amides is 2. The van der Waals surface area contributed by atoms with Crippen LogP contribution in [0.2, 0.25) is 0 Å². The van der Waals surface area contributed by atoms with Crippen LogP contribution < -0.4 is 22.1 Å². The van der Waals surface area contributed by atoms with Crippen LogP contribution in [0.3, 0.4) is 0 Å². The average Bonchev–Trinajstić information content (AvgIpc) is 2.30. The Balaban J connectivity index is 2.80. The summed E-state index contributed by atoms with van der Waals surface area (Å²) in [5, 5.41) is 5.79. The molecule has 0 heterocycles. The molecule has 1 rings (SSSR count). The number of carbonyl (C=O) groups excluding carboxylic acids is 2. The molecule has 6 nitrogen and oxygen atoms in total. The summed E-state index contributed by atoms with van der Waals surface area (Å²) in [6, 6.07) is 4.46. The fourth-order valence-electron chi connectivity index (χ4n) is 1.58. The van der Waals surface area contributed by atoms with E-state index in [1.807, 2.05) is 13.8 Å². The second-order valence-corrected chi connectivity index (χ2v) is 4.70. The first kappa shape index (κ1) is 14.8. The van der Waals surface area contributed by atoms with E-state index in [1.54, 1.807) is 19.1 Å². The van der Waals surface area contributed by atoms with Gasteiger partial charge in [0.05, 0.1) is 5.56 Å². The lowest BCUT2D eigenvalue weighted by Gasteiger charge is -2.17. The second kappa shape index (κ2) is 6.08. The summed E-state index contributed by atoms with van der Waals surface area (Å²) in [5.74, 6) is -0.715. The zero-order valence-electron chi connectivity index (χ0n) is 11.4. The fourth-order valence-corrected chi connectivity index (χ4v) is 1.58. The van der Waals surface area contributed by atoms with Crippen molar-refractivity contribution < 1.29 is 9.59 Å². The minimum atomic E-state index is -0.597. The van der Waals surface area contributed by atoms with Crippen molar-refractivity contribution in [1.82, 2.24) is 5.32 Å². The summed E-state index contributed by atoms with van der Waals surface area (Å²) in [4.78, 5) is 22.9. The fraction of sp³-hybridized carbons (Fsp3) is 0.385. The third-order valence-corrected chi connectivity index (χ3v) is 2.53. The largest absolute Gasteiger partial charge is 0.398 e. The molecule has 0 aliphatic heterocycles. The van der Waals surface area contributed by atoms with Gasteiger partial charge in [0, 0.05) is 17.4 Å². The normalized spacial score (nSPS) is 12.0. The lowest BCUT2D eigenvalue weighted by atomic mass is 10.1. The van der Waals surface area contributed by atoms with Gasteiger partial charge < -0.3 is 22.1 Å². The highest BCUT2D eigenvalue weighted by Crippen LogP contribution is 2.18. The number of anilines is 2. The molecular weight excluding hydrogens is 244 g/mol. The number of nitrogens with two attached hydrogens (primary N) is 2. The van der Waals surface area contributed by atoms with E-state index in [2.05, 4.69) is 10.6 Å². The number of primary amides is 1. The van der Waals surface area contributed by atoms with Gasteiger partial charge in [-0.3, -0.25) is 9.59 Å². The zero-order valence-corrected chi connectivity index (χ0v) is 11.4. The van der Waals surface area contributed by atoms with E-state index in [9.17, 15) is 9.59 Å². The van der Waals surface area contributed by atoms with Crippen molar-refractivity contribution in [3.63, 3.8) is 0 Å². The van der Waals surface area contributed by atoms with Gasteiger partial charge in [-0.2, -0.15) is 0 Å². The summed E-state index contributed by atoms with van der Waals surface area (Å²) in [5.41, 5.74) is 12.0. The van der Waals surface area contributed by atoms with Crippen LogP contribution in [0.25, 0.3) is 0 Å². The Labute approximate surface area is 112 Å². The highest BCUT2D eigenvalue weighted by Gasteiger charge is 2.14. The Morgan fingerprint density at radius 3 is 2.37 bits per heavy atom. The molecule has 2 amide bonds. The number of nitrogen functional groups attached to an aromatic ring is 1. The van der Waals surface area contributed by atoms with Crippen LogP contribution in [-0.2, 0) is 4.79 Å². The molecule has 0 aromatic heterocycles. The zero-order chi connectivity index (χ0) is 14.6. The van der Waals surface area contributed by atoms with Crippen molar-refractivity contribution in [3.8, 4) is 0 Å². The molecule has 0 saturated heterocycles. The van der Waals surface area contributed by atoms with Crippen molar-refractivity contribution in [2.75, 3.05) is 11.1 Å². The molecule has 0 aliphatic carbocycles. The van der Waals surface area contributed by atoms with Crippen LogP contribution in [0.4, 0.5) is 11.4 Å². The summed E-state index contributed by atoms with van der Waals surface area (Å²) in [7, 11) is 0. The van der Waals surface area contributed by atoms with Crippen LogP contribution in [0.15, 0.2) is 18.2 Å². The summed E-state index contributed by atoms with van der Waals surface area (Å²) in [6.07, 6.45) is 0. The molecule has 0 spiro atoms. The Morgan fingerprint density at radius 1 is 1.21 bits per heavy atom. The van der Waals surface area contributed by atoms with Gasteiger partial charge in [0.1, 0.15) is 6.04 Å². The van der Waals surface area contributed by atoms with Crippen LogP contribution in [0.5, 0.6) is 0 Å². The monoisotopic (exact) mass is 264 g/mol. The van der Waals surface area contributed by atoms with E-state index in [0.717, 1.165) is 0 Å². The highest BCUT2D eigenvalue weighted by molar-refractivity contribution is 5.99. The molecule has 0 radical (unpaired) electrons. The molecule has 1 unspecified atom stereocenters. The van der Waals surface area contributed by atoms with E-state index < -0.39 is 11.9 Å². The molecule has 1 aromatic rings. The molecule has 0 bridgehead atoms. The summed E-state index contributed by atoms with van der Waals surface area (Å²) in [6.45, 7) is 5.51. The molecule has 104 valence electrons. The van der Waals surface area contributed by atoms with Gasteiger partial charge in [-0.1, -0.05) is 0 Å². The van der Waals surface area contributed by atoms with E-state index in [4.69, 9.17) is 11.5 Å². The maximum Gasteiger partial charge on any atom is 0.250 e. The number of hydrogen-bond donors (Lipinski definition) is 4. The average molecular weight is 264 g/mol. The van der Waals surface area contributed by atoms with Crippen LogP contribution >= 0.6 is 0 Å². The first-order chi connectivity index (χ1) is 8.81. The van der Waals surface area contributed by atoms with Crippen LogP contribution in [-0.4, -0.2) is 23.9 Å². The van der Waals surface area contributed by atoms with Gasteiger partial charge in [-0.05, 0) is 39.0 Å². The number of carbonyl (C=O) groups is 2. The van der Waals surface area contributed by atoms with Gasteiger partial charge in [-0.25, -0.2) is 0 Å². The molecule has 0 saturated carbocycles. The molecule has 0 aliphatic rings. The maximum absolute atomic E-state index is 11.8. The van der Waals surface area contributed by atoms with E-state index >= 15 is 0 Å². The number of hydrogen-bond acceptors (Lipinski definition) is 4. The summed E-state index contributed by atoms with van der Waals surface area (Å²) < 4.78 is 0. The van der Waals surface area contributed by atoms with Crippen LogP contribution in [0.1, 0.15) is 31.1 Å². The third kappa shape index (κ3) is 4.17. The molecule has 0 fully saturated rings. The topological polar surface area (TPSA) is 110 Å². The molecule has 1 atom stereocenters. The molecule has 1 aromatic carbocycles. The van der Waals surface area contributed by atoms with E-state index in [0.29, 0.717) is 11.4 Å². The molecule has 6 N–H and O–H groups in total. The van der Waals surface area contributed by atoms with Gasteiger partial charge in [0.25, 0.3) is 5.91 Å². The van der Waals surface area contributed by atoms with E-state index in [-0.39, 0.29) is 17.5 Å². The predicted molar refractivity (Wildman–Crippen MR) is 75.7 cm³/mol. The Morgan fingerprint density at radius 2 is 1.84 bits per heavy atom. The molecule has 6 heteroatoms. The first-order valence-corrected chi connectivity index (χ1v) is 6.07. The number of rotatable bonds is 5. The lowest BCUT2D eigenvalue weighted by molar-refractivity contribution is -0.122. The molecular formula is C13H20N4O2. The standard InChI is InChI=1S/C13H20N4O2/c1-7(2)16-13(19)8(3)17-9-4-5-11(14)10(6-9)12(15)18/h4-8,17H,14H2,1-3H3,(H2,15,18)(H,16,19). The second-order valence-electron chi connectivity index (χ2n) is 4.70. The van der Waals surface area contributed by atoms with Crippen molar-refractivity contribution in [3.05, 3.63) is 23.8 Å². The van der Waals surface area contributed by atoms with Gasteiger partial charge in [-0.15, -0.1) is 0 Å². The van der Waals surface area contributed by atoms with Gasteiger partial charge >= 0.3 is 0 Å². The Bertz CT molecular complexity index is 486. The SMILES string of the molecule is CC(C)NC(=O)C(C)Nc1ccc(N)c(C(N)=O)c1. The van der Waals surface area contributed by atoms with Crippen molar-refractivity contribution in [2.24, 2.45) is 5.73 Å². The van der Waals surface area contributed by atoms with Crippen molar-refractivity contribution >= 4 is 23.2 Å². The lowest BCUT2D eigenvalue weighted by Crippen LogP contribution is -2.41. The minimum Gasteiger partial charge on any atom is -0.398 e. The third-order valence-electron chi connectivity index (χ3n) is 2.53. The van der Waals surface area contributed by atoms with Gasteiger partial charge in [0.15, 0.2) is 0 Å².